The van der Waals surface area contributed by atoms with Gasteiger partial charge in [-0.1, -0.05) is 12.2 Å². The third kappa shape index (κ3) is 1.34. The molecule has 4 nitrogen and oxygen atoms in total. The van der Waals surface area contributed by atoms with Crippen molar-refractivity contribution < 1.29 is 9.90 Å². The van der Waals surface area contributed by atoms with Gasteiger partial charge in [0.05, 0.1) is 5.70 Å². The van der Waals surface area contributed by atoms with Crippen LogP contribution >= 0.6 is 0 Å². The van der Waals surface area contributed by atoms with E-state index in [1.165, 1.54) is 11.1 Å². The second-order valence-corrected chi connectivity index (χ2v) is 4.18. The molecule has 0 amide bonds. The Kier molecular flexibility index (Phi) is 2.04. The van der Waals surface area contributed by atoms with E-state index in [2.05, 4.69) is 16.4 Å². The first-order valence-corrected chi connectivity index (χ1v) is 5.39. The number of hydrogen-bond acceptors (Lipinski definition) is 3. The van der Waals surface area contributed by atoms with Crippen molar-refractivity contribution in [2.24, 2.45) is 4.99 Å². The topological polar surface area (TPSA) is 61.7 Å². The Labute approximate surface area is 93.1 Å². The number of carboxylic acids is 1. The maximum Gasteiger partial charge on any atom is 0.321 e. The normalized spacial score (nSPS) is 27.1. The number of fused-ring (bicyclic) bond motifs is 2. The zero-order chi connectivity index (χ0) is 11.1. The molecule has 1 fully saturated rings. The van der Waals surface area contributed by atoms with Crippen LogP contribution in [-0.4, -0.2) is 29.4 Å². The Bertz CT molecular complexity index is 483. The van der Waals surface area contributed by atoms with Crippen LogP contribution in [0.5, 0.6) is 0 Å². The molecule has 0 aromatic rings. The van der Waals surface area contributed by atoms with Crippen molar-refractivity contribution in [3.05, 3.63) is 35.1 Å². The first kappa shape index (κ1) is 9.54. The summed E-state index contributed by atoms with van der Waals surface area (Å²) in [6.07, 6.45) is 7.50. The number of nitrogens with one attached hydrogen (secondary N) is 1. The molecule has 0 bridgehead atoms. The molecule has 2 heterocycles. The van der Waals surface area contributed by atoms with Crippen LogP contribution in [-0.2, 0) is 4.79 Å². The number of aliphatic carboxylic acids is 1. The molecule has 16 heavy (non-hydrogen) atoms. The van der Waals surface area contributed by atoms with Gasteiger partial charge in [0.1, 0.15) is 6.04 Å². The summed E-state index contributed by atoms with van der Waals surface area (Å²) in [7, 11) is 0. The molecule has 1 atom stereocenters. The maximum absolute atomic E-state index is 10.9. The average Bonchev–Trinajstić information content (AvgIpc) is 2.66. The molecule has 4 heteroatoms. The maximum atomic E-state index is 10.9. The lowest BCUT2D eigenvalue weighted by atomic mass is 9.93. The lowest BCUT2D eigenvalue weighted by Gasteiger charge is -2.22. The van der Waals surface area contributed by atoms with E-state index in [0.717, 1.165) is 17.8 Å². The standard InChI is InChI=1S/C12H12N2O2/c15-12(16)11-5-10-8(6-13-11)7-3-1-2-4-9(7)14-10/h1-2,4,11,13H,3,5-6H2,(H,15,16)/t11-/m1/s1. The minimum absolute atomic E-state index is 0.489. The monoisotopic (exact) mass is 216 g/mol. The van der Waals surface area contributed by atoms with E-state index in [0.29, 0.717) is 13.0 Å². The number of rotatable bonds is 1. The first-order chi connectivity index (χ1) is 7.75. The van der Waals surface area contributed by atoms with Crippen molar-refractivity contribution in [2.45, 2.75) is 18.9 Å². The van der Waals surface area contributed by atoms with Crippen LogP contribution in [0.1, 0.15) is 12.8 Å². The van der Waals surface area contributed by atoms with E-state index in [1.54, 1.807) is 0 Å². The van der Waals surface area contributed by atoms with Crippen LogP contribution in [0.15, 0.2) is 40.1 Å². The Balaban J connectivity index is 1.94. The summed E-state index contributed by atoms with van der Waals surface area (Å²) in [6.45, 7) is 0.621. The van der Waals surface area contributed by atoms with Gasteiger partial charge in [0.2, 0.25) is 0 Å². The first-order valence-electron chi connectivity index (χ1n) is 5.39. The summed E-state index contributed by atoms with van der Waals surface area (Å²) in [5.74, 6) is -0.797. The van der Waals surface area contributed by atoms with Crippen molar-refractivity contribution >= 4 is 11.7 Å². The predicted octanol–water partition coefficient (Wildman–Crippen LogP) is 1.03. The summed E-state index contributed by atoms with van der Waals surface area (Å²) in [4.78, 5) is 15.4. The van der Waals surface area contributed by atoms with Crippen molar-refractivity contribution in [3.8, 4) is 0 Å². The van der Waals surface area contributed by atoms with Crippen LogP contribution in [0.4, 0.5) is 0 Å². The molecule has 0 unspecified atom stereocenters. The molecule has 3 rings (SSSR count). The zero-order valence-electron chi connectivity index (χ0n) is 8.73. The van der Waals surface area contributed by atoms with Crippen LogP contribution in [0.25, 0.3) is 0 Å². The second kappa shape index (κ2) is 3.42. The second-order valence-electron chi connectivity index (χ2n) is 4.18. The molecule has 0 aromatic heterocycles. The van der Waals surface area contributed by atoms with Gasteiger partial charge >= 0.3 is 5.97 Å². The molecular formula is C12H12N2O2. The lowest BCUT2D eigenvalue weighted by molar-refractivity contribution is -0.139. The lowest BCUT2D eigenvalue weighted by Crippen LogP contribution is -2.44. The quantitative estimate of drug-likeness (QED) is 0.688. The van der Waals surface area contributed by atoms with Gasteiger partial charge in [-0.25, -0.2) is 0 Å². The number of aliphatic imine (C=N–C) groups is 1. The molecular weight excluding hydrogens is 204 g/mol. The fourth-order valence-corrected chi connectivity index (χ4v) is 2.36. The van der Waals surface area contributed by atoms with Gasteiger partial charge in [0, 0.05) is 18.7 Å². The SMILES string of the molecule is O=C(O)[C@H]1CC2=NC3=CC=CCC3=C2CN1. The molecule has 2 aliphatic heterocycles. The number of nitrogens with zero attached hydrogens (tertiary/aromatic N) is 1. The highest BCUT2D eigenvalue weighted by Gasteiger charge is 2.32. The summed E-state index contributed by atoms with van der Waals surface area (Å²) in [6, 6.07) is -0.489. The number of piperidine rings is 1. The highest BCUT2D eigenvalue weighted by Crippen LogP contribution is 2.33. The van der Waals surface area contributed by atoms with Crippen LogP contribution < -0.4 is 5.32 Å². The van der Waals surface area contributed by atoms with E-state index >= 15 is 0 Å². The molecule has 2 N–H and O–H groups in total. The number of carbonyl (C=O) groups is 1. The van der Waals surface area contributed by atoms with Gasteiger partial charge in [0.15, 0.2) is 0 Å². The zero-order valence-corrected chi connectivity index (χ0v) is 8.73. The minimum atomic E-state index is -0.797. The summed E-state index contributed by atoms with van der Waals surface area (Å²) in [5.41, 5.74) is 4.43. The predicted molar refractivity (Wildman–Crippen MR) is 60.3 cm³/mol. The van der Waals surface area contributed by atoms with Crippen molar-refractivity contribution in [1.29, 1.82) is 0 Å². The van der Waals surface area contributed by atoms with Gasteiger partial charge < -0.3 is 5.11 Å². The Morgan fingerprint density at radius 3 is 3.19 bits per heavy atom. The summed E-state index contributed by atoms with van der Waals surface area (Å²) in [5, 5.41) is 12.0. The number of carboxylic acid groups (broad SMARTS) is 1. The van der Waals surface area contributed by atoms with Crippen molar-refractivity contribution in [2.75, 3.05) is 6.54 Å². The van der Waals surface area contributed by atoms with Gasteiger partial charge in [0.25, 0.3) is 0 Å². The molecule has 1 saturated heterocycles. The molecule has 0 aromatic carbocycles. The van der Waals surface area contributed by atoms with Gasteiger partial charge in [-0.05, 0) is 23.6 Å². The number of hydrogen-bond donors (Lipinski definition) is 2. The van der Waals surface area contributed by atoms with E-state index in [4.69, 9.17) is 5.11 Å². The average molecular weight is 216 g/mol. The number of allylic oxidation sites excluding steroid dienone is 4. The Hall–Kier alpha value is -1.68. The Morgan fingerprint density at radius 2 is 2.38 bits per heavy atom. The molecule has 0 saturated carbocycles. The Morgan fingerprint density at radius 1 is 1.50 bits per heavy atom. The fraction of sp³-hybridized carbons (Fsp3) is 0.333. The smallest absolute Gasteiger partial charge is 0.321 e. The van der Waals surface area contributed by atoms with Crippen molar-refractivity contribution in [3.63, 3.8) is 0 Å². The third-order valence-electron chi connectivity index (χ3n) is 3.21. The van der Waals surface area contributed by atoms with E-state index < -0.39 is 12.0 Å². The van der Waals surface area contributed by atoms with Crippen molar-refractivity contribution in [1.82, 2.24) is 5.32 Å². The fourth-order valence-electron chi connectivity index (χ4n) is 2.36. The van der Waals surface area contributed by atoms with E-state index in [1.807, 2.05) is 12.2 Å². The highest BCUT2D eigenvalue weighted by molar-refractivity contribution is 6.08. The minimum Gasteiger partial charge on any atom is -0.480 e. The van der Waals surface area contributed by atoms with E-state index in [-0.39, 0.29) is 0 Å². The van der Waals surface area contributed by atoms with E-state index in [9.17, 15) is 4.79 Å². The van der Waals surface area contributed by atoms with Crippen LogP contribution in [0.3, 0.4) is 0 Å². The highest BCUT2D eigenvalue weighted by atomic mass is 16.4. The molecule has 3 aliphatic rings. The van der Waals surface area contributed by atoms with Gasteiger partial charge in [-0.3, -0.25) is 15.1 Å². The summed E-state index contributed by atoms with van der Waals surface area (Å²) >= 11 is 0. The van der Waals surface area contributed by atoms with Crippen LogP contribution in [0, 0.1) is 0 Å². The van der Waals surface area contributed by atoms with Gasteiger partial charge in [-0.15, -0.1) is 0 Å². The third-order valence-corrected chi connectivity index (χ3v) is 3.21. The molecule has 82 valence electrons. The van der Waals surface area contributed by atoms with Crippen LogP contribution in [0.2, 0.25) is 0 Å². The summed E-state index contributed by atoms with van der Waals surface area (Å²) < 4.78 is 0. The largest absolute Gasteiger partial charge is 0.480 e. The molecule has 0 spiro atoms. The van der Waals surface area contributed by atoms with Gasteiger partial charge in [-0.2, -0.15) is 0 Å². The molecule has 1 aliphatic carbocycles. The molecule has 0 radical (unpaired) electrons.